The number of rotatable bonds is 2. The number of hydrogen-bond acceptors (Lipinski definition) is 3. The quantitative estimate of drug-likeness (QED) is 0.831. The van der Waals surface area contributed by atoms with Gasteiger partial charge in [0.2, 0.25) is 0 Å². The maximum atomic E-state index is 5.58. The standard InChI is InChI=1S/C12H16N2S/c1-9-12(2,15-8-14-9)11-5-3-10(7-13)4-6-11/h3-6,8-9H,7,13H2,1-2H3. The molecule has 15 heavy (non-hydrogen) atoms. The Hall–Kier alpha value is -0.800. The third-order valence-corrected chi connectivity index (χ3v) is 4.44. The van der Waals surface area contributed by atoms with Crippen LogP contribution in [0, 0.1) is 0 Å². The van der Waals surface area contributed by atoms with Crippen molar-refractivity contribution in [3.05, 3.63) is 35.4 Å². The first kappa shape index (κ1) is 10.7. The van der Waals surface area contributed by atoms with Gasteiger partial charge in [0.15, 0.2) is 0 Å². The SMILES string of the molecule is CC1N=CSC1(C)c1ccc(CN)cc1. The molecule has 0 spiro atoms. The van der Waals surface area contributed by atoms with E-state index in [2.05, 4.69) is 43.1 Å². The monoisotopic (exact) mass is 220 g/mol. The van der Waals surface area contributed by atoms with Crippen LogP contribution in [-0.2, 0) is 11.3 Å². The predicted octanol–water partition coefficient (Wildman–Crippen LogP) is 2.52. The molecule has 2 unspecified atom stereocenters. The summed E-state index contributed by atoms with van der Waals surface area (Å²) in [5.41, 5.74) is 10.1. The largest absolute Gasteiger partial charge is 0.326 e. The van der Waals surface area contributed by atoms with Crippen LogP contribution >= 0.6 is 11.8 Å². The molecule has 1 aliphatic heterocycles. The highest BCUT2D eigenvalue weighted by atomic mass is 32.2. The highest BCUT2D eigenvalue weighted by Gasteiger charge is 2.36. The molecule has 0 aromatic heterocycles. The molecule has 1 aromatic carbocycles. The molecule has 3 heteroatoms. The van der Waals surface area contributed by atoms with Crippen molar-refractivity contribution in [2.75, 3.05) is 0 Å². The fraction of sp³-hybridized carbons (Fsp3) is 0.417. The van der Waals surface area contributed by atoms with Gasteiger partial charge in [-0.3, -0.25) is 4.99 Å². The zero-order chi connectivity index (χ0) is 10.9. The van der Waals surface area contributed by atoms with Crippen LogP contribution in [0.5, 0.6) is 0 Å². The van der Waals surface area contributed by atoms with E-state index in [1.807, 2.05) is 5.55 Å². The zero-order valence-electron chi connectivity index (χ0n) is 9.10. The lowest BCUT2D eigenvalue weighted by Crippen LogP contribution is -2.26. The Morgan fingerprint density at radius 3 is 2.53 bits per heavy atom. The van der Waals surface area contributed by atoms with Gasteiger partial charge in [0, 0.05) is 6.54 Å². The summed E-state index contributed by atoms with van der Waals surface area (Å²) in [6.07, 6.45) is 0. The summed E-state index contributed by atoms with van der Waals surface area (Å²) < 4.78 is 0.0904. The van der Waals surface area contributed by atoms with E-state index in [4.69, 9.17) is 5.73 Å². The Morgan fingerprint density at radius 1 is 1.40 bits per heavy atom. The summed E-state index contributed by atoms with van der Waals surface area (Å²) in [6, 6.07) is 8.88. The molecule has 2 nitrogen and oxygen atoms in total. The zero-order valence-corrected chi connectivity index (χ0v) is 9.92. The van der Waals surface area contributed by atoms with Crippen molar-refractivity contribution in [1.29, 1.82) is 0 Å². The maximum absolute atomic E-state index is 5.58. The van der Waals surface area contributed by atoms with E-state index in [1.54, 1.807) is 11.8 Å². The minimum atomic E-state index is 0.0904. The minimum absolute atomic E-state index is 0.0904. The first-order valence-electron chi connectivity index (χ1n) is 5.16. The summed E-state index contributed by atoms with van der Waals surface area (Å²) in [6.45, 7) is 5.01. The molecule has 1 aromatic rings. The van der Waals surface area contributed by atoms with Gasteiger partial charge in [-0.2, -0.15) is 0 Å². The number of nitrogens with two attached hydrogens (primary N) is 1. The topological polar surface area (TPSA) is 38.4 Å². The highest BCUT2D eigenvalue weighted by molar-refractivity contribution is 8.13. The lowest BCUT2D eigenvalue weighted by atomic mass is 9.93. The van der Waals surface area contributed by atoms with Crippen molar-refractivity contribution in [3.8, 4) is 0 Å². The van der Waals surface area contributed by atoms with E-state index in [-0.39, 0.29) is 4.75 Å². The summed E-state index contributed by atoms with van der Waals surface area (Å²) in [4.78, 5) is 4.42. The van der Waals surface area contributed by atoms with Crippen LogP contribution in [-0.4, -0.2) is 11.6 Å². The summed E-state index contributed by atoms with van der Waals surface area (Å²) in [5.74, 6) is 0. The predicted molar refractivity (Wildman–Crippen MR) is 67.2 cm³/mol. The molecule has 80 valence electrons. The molecule has 2 atom stereocenters. The molecule has 0 bridgehead atoms. The Balaban J connectivity index is 2.29. The second-order valence-electron chi connectivity index (χ2n) is 4.06. The third kappa shape index (κ3) is 1.82. The van der Waals surface area contributed by atoms with E-state index in [1.165, 1.54) is 11.1 Å². The molecule has 2 rings (SSSR count). The van der Waals surface area contributed by atoms with E-state index in [9.17, 15) is 0 Å². The molecule has 1 aliphatic rings. The summed E-state index contributed by atoms with van der Waals surface area (Å²) in [7, 11) is 0. The average molecular weight is 220 g/mol. The Bertz CT molecular complexity index is 372. The molecule has 2 N–H and O–H groups in total. The van der Waals surface area contributed by atoms with Gasteiger partial charge in [-0.25, -0.2) is 0 Å². The maximum Gasteiger partial charge on any atom is 0.0666 e. The number of hydrogen-bond donors (Lipinski definition) is 1. The second-order valence-corrected chi connectivity index (χ2v) is 5.35. The lowest BCUT2D eigenvalue weighted by Gasteiger charge is -2.27. The number of nitrogens with zero attached hydrogens (tertiary/aromatic N) is 1. The molecular formula is C12H16N2S. The summed E-state index contributed by atoms with van der Waals surface area (Å²) >= 11 is 1.80. The molecule has 0 amide bonds. The van der Waals surface area contributed by atoms with Crippen molar-refractivity contribution in [1.82, 2.24) is 0 Å². The van der Waals surface area contributed by atoms with Gasteiger partial charge in [-0.15, -0.1) is 11.8 Å². The van der Waals surface area contributed by atoms with Crippen molar-refractivity contribution in [3.63, 3.8) is 0 Å². The number of thioether (sulfide) groups is 1. The van der Waals surface area contributed by atoms with Crippen LogP contribution < -0.4 is 5.73 Å². The molecule has 0 saturated carbocycles. The van der Waals surface area contributed by atoms with E-state index < -0.39 is 0 Å². The van der Waals surface area contributed by atoms with Crippen molar-refractivity contribution in [2.24, 2.45) is 10.7 Å². The van der Waals surface area contributed by atoms with Gasteiger partial charge in [0.25, 0.3) is 0 Å². The van der Waals surface area contributed by atoms with Gasteiger partial charge in [-0.1, -0.05) is 24.3 Å². The first-order valence-corrected chi connectivity index (χ1v) is 6.04. The van der Waals surface area contributed by atoms with Gasteiger partial charge < -0.3 is 5.73 Å². The second kappa shape index (κ2) is 3.99. The molecule has 0 saturated heterocycles. The van der Waals surface area contributed by atoms with Gasteiger partial charge in [0.05, 0.1) is 16.3 Å². The average Bonchev–Trinajstić information content (AvgIpc) is 2.61. The van der Waals surface area contributed by atoms with Gasteiger partial charge >= 0.3 is 0 Å². The van der Waals surface area contributed by atoms with Crippen molar-refractivity contribution < 1.29 is 0 Å². The van der Waals surface area contributed by atoms with Crippen LogP contribution in [0.25, 0.3) is 0 Å². The highest BCUT2D eigenvalue weighted by Crippen LogP contribution is 2.43. The van der Waals surface area contributed by atoms with Crippen molar-refractivity contribution >= 4 is 17.3 Å². The summed E-state index contributed by atoms with van der Waals surface area (Å²) in [5, 5.41) is 0. The van der Waals surface area contributed by atoms with Crippen LogP contribution in [0.4, 0.5) is 0 Å². The van der Waals surface area contributed by atoms with Gasteiger partial charge in [-0.05, 0) is 25.0 Å². The molecule has 0 fully saturated rings. The van der Waals surface area contributed by atoms with Gasteiger partial charge in [0.1, 0.15) is 0 Å². The van der Waals surface area contributed by atoms with Crippen LogP contribution in [0.15, 0.2) is 29.3 Å². The molecule has 0 aliphatic carbocycles. The third-order valence-electron chi connectivity index (χ3n) is 3.14. The van der Waals surface area contributed by atoms with Crippen LogP contribution in [0.1, 0.15) is 25.0 Å². The number of aliphatic imine (C=N–C) groups is 1. The molecular weight excluding hydrogens is 204 g/mol. The lowest BCUT2D eigenvalue weighted by molar-refractivity contribution is 0.576. The van der Waals surface area contributed by atoms with E-state index in [0.29, 0.717) is 12.6 Å². The van der Waals surface area contributed by atoms with Crippen molar-refractivity contribution in [2.45, 2.75) is 31.2 Å². The Morgan fingerprint density at radius 2 is 2.07 bits per heavy atom. The van der Waals surface area contributed by atoms with Crippen LogP contribution in [0.3, 0.4) is 0 Å². The fourth-order valence-corrected chi connectivity index (χ4v) is 2.75. The first-order chi connectivity index (χ1) is 7.16. The van der Waals surface area contributed by atoms with E-state index >= 15 is 0 Å². The Labute approximate surface area is 95.0 Å². The minimum Gasteiger partial charge on any atom is -0.326 e. The fourth-order valence-electron chi connectivity index (χ4n) is 1.75. The number of benzene rings is 1. The normalized spacial score (nSPS) is 29.7. The molecule has 0 radical (unpaired) electrons. The Kier molecular flexibility index (Phi) is 2.85. The molecule has 1 heterocycles. The van der Waals surface area contributed by atoms with E-state index in [0.717, 1.165) is 0 Å². The smallest absolute Gasteiger partial charge is 0.0666 e. The van der Waals surface area contributed by atoms with Crippen LogP contribution in [0.2, 0.25) is 0 Å².